The quantitative estimate of drug-likeness (QED) is 0.453. The molecule has 0 aliphatic carbocycles. The molecule has 2 N–H and O–H groups in total. The van der Waals surface area contributed by atoms with Gasteiger partial charge in [-0.25, -0.2) is 4.79 Å². The average molecular weight is 466 g/mol. The van der Waals surface area contributed by atoms with Crippen LogP contribution in [-0.4, -0.2) is 93.0 Å². The van der Waals surface area contributed by atoms with E-state index in [9.17, 15) is 14.9 Å². The maximum Gasteiger partial charge on any atom is 0.318 e. The fourth-order valence-electron chi connectivity index (χ4n) is 4.17. The highest BCUT2D eigenvalue weighted by atomic mass is 16.5. The van der Waals surface area contributed by atoms with E-state index in [1.165, 1.54) is 0 Å². The number of carbonyl (C=O) groups excluding carboxylic acids is 2. The summed E-state index contributed by atoms with van der Waals surface area (Å²) in [5, 5.41) is 15.9. The second-order valence-electron chi connectivity index (χ2n) is 10.0. The van der Waals surface area contributed by atoms with Crippen LogP contribution in [-0.2, 0) is 14.3 Å². The van der Waals surface area contributed by atoms with E-state index in [-0.39, 0.29) is 17.4 Å². The average Bonchev–Trinajstić information content (AvgIpc) is 2.83. The van der Waals surface area contributed by atoms with Crippen molar-refractivity contribution < 1.29 is 19.1 Å². The SMILES string of the molecule is CCC(C)(C)CCC(NC(=O)N1CCOCC1)C(=O)NC1(C#N)CCN(CCCOC)CC1. The fourth-order valence-corrected chi connectivity index (χ4v) is 4.17. The van der Waals surface area contributed by atoms with Crippen LogP contribution in [0.5, 0.6) is 0 Å². The molecule has 188 valence electrons. The van der Waals surface area contributed by atoms with E-state index >= 15 is 0 Å². The Hall–Kier alpha value is -1.89. The van der Waals surface area contributed by atoms with Crippen LogP contribution in [0, 0.1) is 16.7 Å². The lowest BCUT2D eigenvalue weighted by atomic mass is 9.83. The van der Waals surface area contributed by atoms with Crippen molar-refractivity contribution in [2.75, 3.05) is 59.7 Å². The summed E-state index contributed by atoms with van der Waals surface area (Å²) in [5.41, 5.74) is -0.820. The molecule has 2 heterocycles. The Bertz CT molecular complexity index is 664. The number of nitriles is 1. The van der Waals surface area contributed by atoms with Gasteiger partial charge in [0, 0.05) is 46.4 Å². The van der Waals surface area contributed by atoms with Crippen molar-refractivity contribution in [1.29, 1.82) is 5.26 Å². The van der Waals surface area contributed by atoms with Crippen molar-refractivity contribution in [3.05, 3.63) is 0 Å². The van der Waals surface area contributed by atoms with Gasteiger partial charge in [-0.15, -0.1) is 0 Å². The molecule has 0 aromatic carbocycles. The van der Waals surface area contributed by atoms with E-state index < -0.39 is 11.6 Å². The second-order valence-corrected chi connectivity index (χ2v) is 10.0. The van der Waals surface area contributed by atoms with E-state index in [0.717, 1.165) is 45.5 Å². The van der Waals surface area contributed by atoms with Gasteiger partial charge in [0.25, 0.3) is 0 Å². The number of amides is 3. The standard InChI is InChI=1S/C24H43N5O4/c1-5-23(2,3)8-7-20(26-22(31)29-14-17-33-18-15-29)21(30)27-24(19-25)9-12-28(13-10-24)11-6-16-32-4/h20H,5-18H2,1-4H3,(H,26,31)(H,27,30). The lowest BCUT2D eigenvalue weighted by Crippen LogP contribution is -2.60. The Kier molecular flexibility index (Phi) is 10.9. The minimum Gasteiger partial charge on any atom is -0.385 e. The Morgan fingerprint density at radius 2 is 1.88 bits per heavy atom. The first-order valence-electron chi connectivity index (χ1n) is 12.3. The molecule has 2 fully saturated rings. The zero-order valence-corrected chi connectivity index (χ0v) is 21.0. The van der Waals surface area contributed by atoms with Crippen LogP contribution >= 0.6 is 0 Å². The summed E-state index contributed by atoms with van der Waals surface area (Å²) in [4.78, 5) is 30.2. The smallest absolute Gasteiger partial charge is 0.318 e. The first-order valence-corrected chi connectivity index (χ1v) is 12.3. The van der Waals surface area contributed by atoms with Crippen molar-refractivity contribution in [2.24, 2.45) is 5.41 Å². The normalized spacial score (nSPS) is 20.0. The summed E-state index contributed by atoms with van der Waals surface area (Å²) in [7, 11) is 1.70. The van der Waals surface area contributed by atoms with Crippen LogP contribution in [0.25, 0.3) is 0 Å². The third-order valence-corrected chi connectivity index (χ3v) is 7.09. The van der Waals surface area contributed by atoms with E-state index in [1.807, 2.05) is 0 Å². The van der Waals surface area contributed by atoms with Gasteiger partial charge in [0.05, 0.1) is 19.3 Å². The molecule has 9 heteroatoms. The van der Waals surface area contributed by atoms with Crippen molar-refractivity contribution in [1.82, 2.24) is 20.4 Å². The zero-order valence-electron chi connectivity index (χ0n) is 21.0. The Morgan fingerprint density at radius 1 is 1.21 bits per heavy atom. The number of rotatable bonds is 11. The van der Waals surface area contributed by atoms with E-state index in [2.05, 4.69) is 42.4 Å². The molecule has 0 spiro atoms. The van der Waals surface area contributed by atoms with Gasteiger partial charge in [-0.05, 0) is 37.5 Å². The monoisotopic (exact) mass is 465 g/mol. The number of hydrogen-bond acceptors (Lipinski definition) is 6. The van der Waals surface area contributed by atoms with Gasteiger partial charge in [0.2, 0.25) is 5.91 Å². The maximum absolute atomic E-state index is 13.3. The van der Waals surface area contributed by atoms with Gasteiger partial charge in [-0.2, -0.15) is 5.26 Å². The Balaban J connectivity index is 2.01. The lowest BCUT2D eigenvalue weighted by Gasteiger charge is -2.39. The van der Waals surface area contributed by atoms with Crippen molar-refractivity contribution in [2.45, 2.75) is 70.9 Å². The van der Waals surface area contributed by atoms with Crippen LogP contribution < -0.4 is 10.6 Å². The Labute approximate surface area is 199 Å². The predicted octanol–water partition coefficient (Wildman–Crippen LogP) is 2.12. The number of methoxy groups -OCH3 is 1. The van der Waals surface area contributed by atoms with Crippen molar-refractivity contribution in [3.63, 3.8) is 0 Å². The molecule has 0 radical (unpaired) electrons. The van der Waals surface area contributed by atoms with Crippen LogP contribution in [0.3, 0.4) is 0 Å². The number of morpholine rings is 1. The van der Waals surface area contributed by atoms with Crippen LogP contribution in [0.4, 0.5) is 4.79 Å². The molecule has 9 nitrogen and oxygen atoms in total. The van der Waals surface area contributed by atoms with E-state index in [1.54, 1.807) is 12.0 Å². The molecule has 0 aromatic rings. The highest BCUT2D eigenvalue weighted by molar-refractivity contribution is 5.87. The summed E-state index contributed by atoms with van der Waals surface area (Å²) in [6, 6.07) is 1.45. The molecular formula is C24H43N5O4. The van der Waals surface area contributed by atoms with Crippen molar-refractivity contribution >= 4 is 11.9 Å². The summed E-state index contributed by atoms with van der Waals surface area (Å²) < 4.78 is 10.5. The summed E-state index contributed by atoms with van der Waals surface area (Å²) in [6.45, 7) is 11.7. The number of ether oxygens (including phenoxy) is 2. The van der Waals surface area contributed by atoms with Gasteiger partial charge in [0.1, 0.15) is 11.6 Å². The first kappa shape index (κ1) is 27.4. The van der Waals surface area contributed by atoms with E-state index in [4.69, 9.17) is 9.47 Å². The minimum atomic E-state index is -0.892. The van der Waals surface area contributed by atoms with Crippen LogP contribution in [0.2, 0.25) is 0 Å². The van der Waals surface area contributed by atoms with Gasteiger partial charge >= 0.3 is 6.03 Å². The van der Waals surface area contributed by atoms with Gasteiger partial charge < -0.3 is 29.9 Å². The molecule has 1 atom stereocenters. The number of likely N-dealkylation sites (tertiary alicyclic amines) is 1. The van der Waals surface area contributed by atoms with Crippen molar-refractivity contribution in [3.8, 4) is 6.07 Å². The number of carbonyl (C=O) groups is 2. The number of nitrogens with zero attached hydrogens (tertiary/aromatic N) is 3. The summed E-state index contributed by atoms with van der Waals surface area (Å²) in [5.74, 6) is -0.266. The van der Waals surface area contributed by atoms with Gasteiger partial charge in [-0.3, -0.25) is 4.79 Å². The minimum absolute atomic E-state index is 0.0721. The molecule has 0 bridgehead atoms. The topological polar surface area (TPSA) is 107 Å². The molecule has 1 unspecified atom stereocenters. The summed E-state index contributed by atoms with van der Waals surface area (Å²) in [6.07, 6.45) is 4.43. The fraction of sp³-hybridized carbons (Fsp3) is 0.875. The third kappa shape index (κ3) is 8.76. The largest absolute Gasteiger partial charge is 0.385 e. The maximum atomic E-state index is 13.3. The predicted molar refractivity (Wildman–Crippen MR) is 127 cm³/mol. The second kappa shape index (κ2) is 13.1. The first-order chi connectivity index (χ1) is 15.7. The lowest BCUT2D eigenvalue weighted by molar-refractivity contribution is -0.125. The zero-order chi connectivity index (χ0) is 24.3. The molecule has 2 saturated heterocycles. The number of nitrogens with one attached hydrogen (secondary N) is 2. The molecule has 0 saturated carbocycles. The molecular weight excluding hydrogens is 422 g/mol. The Morgan fingerprint density at radius 3 is 2.45 bits per heavy atom. The van der Waals surface area contributed by atoms with Crippen LogP contribution in [0.1, 0.15) is 59.3 Å². The highest BCUT2D eigenvalue weighted by Gasteiger charge is 2.38. The molecule has 2 aliphatic heterocycles. The number of urea groups is 1. The van der Waals surface area contributed by atoms with Crippen LogP contribution in [0.15, 0.2) is 0 Å². The van der Waals surface area contributed by atoms with Gasteiger partial charge in [0.15, 0.2) is 0 Å². The van der Waals surface area contributed by atoms with E-state index in [0.29, 0.717) is 45.6 Å². The number of hydrogen-bond donors (Lipinski definition) is 2. The highest BCUT2D eigenvalue weighted by Crippen LogP contribution is 2.27. The van der Waals surface area contributed by atoms with Gasteiger partial charge in [-0.1, -0.05) is 27.2 Å². The third-order valence-electron chi connectivity index (χ3n) is 7.09. The molecule has 0 aromatic heterocycles. The molecule has 3 amide bonds. The number of piperidine rings is 1. The summed E-state index contributed by atoms with van der Waals surface area (Å²) >= 11 is 0. The molecule has 33 heavy (non-hydrogen) atoms. The molecule has 2 aliphatic rings. The molecule has 2 rings (SSSR count).